The van der Waals surface area contributed by atoms with Gasteiger partial charge in [0.15, 0.2) is 5.58 Å². The van der Waals surface area contributed by atoms with E-state index in [-0.39, 0.29) is 0 Å². The van der Waals surface area contributed by atoms with Crippen LogP contribution in [0.15, 0.2) is 69.4 Å². The summed E-state index contributed by atoms with van der Waals surface area (Å²) in [6, 6.07) is 15.2. The van der Waals surface area contributed by atoms with Crippen LogP contribution in [-0.4, -0.2) is 27.0 Å². The molecule has 1 atom stereocenters. The van der Waals surface area contributed by atoms with E-state index in [0.29, 0.717) is 36.0 Å². The Morgan fingerprint density at radius 3 is 2.68 bits per heavy atom. The number of aromatic amines is 1. The Balaban J connectivity index is 1.36. The number of aliphatic hydroxyl groups excluding tert-OH is 1. The van der Waals surface area contributed by atoms with Crippen molar-refractivity contribution in [2.24, 2.45) is 0 Å². The van der Waals surface area contributed by atoms with Crippen LogP contribution in [0.25, 0.3) is 11.1 Å². The summed E-state index contributed by atoms with van der Waals surface area (Å²) < 4.78 is 5.04. The molecule has 0 amide bonds. The number of allylic oxidation sites excluding steroid dienone is 1. The van der Waals surface area contributed by atoms with Crippen LogP contribution in [0.5, 0.6) is 0 Å². The number of rotatable bonds is 5. The maximum atomic E-state index is 11.2. The molecule has 6 heteroatoms. The first kappa shape index (κ1) is 18.5. The topological polar surface area (TPSA) is 98.5 Å². The number of benzene rings is 2. The molecule has 0 aliphatic heterocycles. The van der Waals surface area contributed by atoms with Crippen molar-refractivity contribution in [1.82, 2.24) is 4.98 Å². The number of anilines is 1. The third-order valence-electron chi connectivity index (χ3n) is 5.33. The van der Waals surface area contributed by atoms with Crippen LogP contribution in [0.2, 0.25) is 0 Å². The maximum absolute atomic E-state index is 11.2. The highest BCUT2D eigenvalue weighted by molar-refractivity contribution is 5.76. The molecule has 1 aromatic heterocycles. The van der Waals surface area contributed by atoms with Gasteiger partial charge in [-0.2, -0.15) is 0 Å². The summed E-state index contributed by atoms with van der Waals surface area (Å²) in [5.74, 6) is -0.500. The molecular weight excluding hydrogens is 356 g/mol. The first-order chi connectivity index (χ1) is 13.5. The van der Waals surface area contributed by atoms with Crippen LogP contribution in [0.3, 0.4) is 0 Å². The number of nitrogens with one attached hydrogen (secondary N) is 2. The minimum atomic E-state index is -0.849. The summed E-state index contributed by atoms with van der Waals surface area (Å²) in [7, 11) is 0. The van der Waals surface area contributed by atoms with Crippen molar-refractivity contribution in [2.75, 3.05) is 5.32 Å². The monoisotopic (exact) mass is 380 g/mol. The number of fused-ring (bicyclic) bond motifs is 1. The number of hydrogen-bond acceptors (Lipinski definition) is 5. The van der Waals surface area contributed by atoms with Gasteiger partial charge in [0.25, 0.3) is 0 Å². The Kier molecular flexibility index (Phi) is 5.07. The Hall–Kier alpha value is -2.83. The second-order valence-corrected chi connectivity index (χ2v) is 7.53. The SMILES string of the molecule is O=c1[nH]c2ccc(NC(O)C=C3CCC(O)(Cc4ccccc4)CC3)cc2o1. The zero-order chi connectivity index (χ0) is 19.6. The smallest absolute Gasteiger partial charge is 0.408 e. The Morgan fingerprint density at radius 2 is 1.93 bits per heavy atom. The zero-order valence-corrected chi connectivity index (χ0v) is 15.5. The predicted octanol–water partition coefficient (Wildman–Crippen LogP) is 3.33. The summed E-state index contributed by atoms with van der Waals surface area (Å²) in [6.45, 7) is 0. The van der Waals surface area contributed by atoms with Gasteiger partial charge in [0, 0.05) is 18.2 Å². The number of H-pyrrole nitrogens is 1. The van der Waals surface area contributed by atoms with E-state index in [1.165, 1.54) is 0 Å². The molecule has 1 aliphatic rings. The second-order valence-electron chi connectivity index (χ2n) is 7.53. The summed E-state index contributed by atoms with van der Waals surface area (Å²) in [5.41, 5.74) is 3.31. The lowest BCUT2D eigenvalue weighted by Gasteiger charge is -2.34. The third-order valence-corrected chi connectivity index (χ3v) is 5.33. The third kappa shape index (κ3) is 4.35. The van der Waals surface area contributed by atoms with Crippen LogP contribution in [0.1, 0.15) is 31.2 Å². The average molecular weight is 380 g/mol. The minimum absolute atomic E-state index is 0.443. The van der Waals surface area contributed by atoms with Gasteiger partial charge < -0.3 is 19.9 Å². The maximum Gasteiger partial charge on any atom is 0.417 e. The van der Waals surface area contributed by atoms with Crippen molar-refractivity contribution in [3.05, 3.63) is 76.3 Å². The van der Waals surface area contributed by atoms with E-state index >= 15 is 0 Å². The highest BCUT2D eigenvalue weighted by Crippen LogP contribution is 2.34. The molecular formula is C22H24N2O4. The van der Waals surface area contributed by atoms with Gasteiger partial charge in [-0.05, 0) is 49.5 Å². The molecule has 1 unspecified atom stereocenters. The summed E-state index contributed by atoms with van der Waals surface area (Å²) in [5, 5.41) is 24.2. The van der Waals surface area contributed by atoms with E-state index in [4.69, 9.17) is 4.42 Å². The van der Waals surface area contributed by atoms with Gasteiger partial charge in [0.05, 0.1) is 11.1 Å². The molecule has 1 saturated carbocycles. The van der Waals surface area contributed by atoms with Crippen LogP contribution < -0.4 is 11.1 Å². The van der Waals surface area contributed by atoms with E-state index in [9.17, 15) is 15.0 Å². The van der Waals surface area contributed by atoms with Crippen LogP contribution in [0.4, 0.5) is 5.69 Å². The molecule has 6 nitrogen and oxygen atoms in total. The van der Waals surface area contributed by atoms with Gasteiger partial charge in [0.1, 0.15) is 6.23 Å². The van der Waals surface area contributed by atoms with Crippen LogP contribution in [0, 0.1) is 0 Å². The fraction of sp³-hybridized carbons (Fsp3) is 0.318. The second kappa shape index (κ2) is 7.66. The highest BCUT2D eigenvalue weighted by atomic mass is 16.4. The van der Waals surface area contributed by atoms with Crippen molar-refractivity contribution >= 4 is 16.8 Å². The molecule has 146 valence electrons. The molecule has 1 aliphatic carbocycles. The summed E-state index contributed by atoms with van der Waals surface area (Å²) in [6.07, 6.45) is 4.49. The fourth-order valence-corrected chi connectivity index (χ4v) is 3.83. The van der Waals surface area contributed by atoms with Gasteiger partial charge in [-0.1, -0.05) is 35.9 Å². The molecule has 1 heterocycles. The van der Waals surface area contributed by atoms with Gasteiger partial charge in [-0.3, -0.25) is 4.98 Å². The van der Waals surface area contributed by atoms with Crippen molar-refractivity contribution in [2.45, 2.75) is 43.9 Å². The van der Waals surface area contributed by atoms with E-state index in [0.717, 1.165) is 24.0 Å². The first-order valence-corrected chi connectivity index (χ1v) is 9.52. The molecule has 0 bridgehead atoms. The van der Waals surface area contributed by atoms with Crippen molar-refractivity contribution in [3.63, 3.8) is 0 Å². The van der Waals surface area contributed by atoms with Crippen LogP contribution in [-0.2, 0) is 6.42 Å². The van der Waals surface area contributed by atoms with Gasteiger partial charge in [-0.25, -0.2) is 4.79 Å². The predicted molar refractivity (Wildman–Crippen MR) is 108 cm³/mol. The number of aliphatic hydroxyl groups is 2. The number of hydrogen-bond donors (Lipinski definition) is 4. The first-order valence-electron chi connectivity index (χ1n) is 9.52. The van der Waals surface area contributed by atoms with Crippen molar-refractivity contribution < 1.29 is 14.6 Å². The molecule has 4 rings (SSSR count). The molecule has 0 saturated heterocycles. The molecule has 3 aromatic rings. The molecule has 0 radical (unpaired) electrons. The number of aromatic nitrogens is 1. The van der Waals surface area contributed by atoms with Crippen LogP contribution >= 0.6 is 0 Å². The lowest BCUT2D eigenvalue weighted by atomic mass is 9.78. The molecule has 28 heavy (non-hydrogen) atoms. The fourth-order valence-electron chi connectivity index (χ4n) is 3.83. The normalized spacial score (nSPS) is 20.9. The van der Waals surface area contributed by atoms with Gasteiger partial charge in [-0.15, -0.1) is 0 Å². The van der Waals surface area contributed by atoms with E-state index in [2.05, 4.69) is 10.3 Å². The van der Waals surface area contributed by atoms with Crippen molar-refractivity contribution in [3.8, 4) is 0 Å². The molecule has 0 spiro atoms. The summed E-state index contributed by atoms with van der Waals surface area (Å²) in [4.78, 5) is 13.8. The van der Waals surface area contributed by atoms with Crippen molar-refractivity contribution in [1.29, 1.82) is 0 Å². The quantitative estimate of drug-likeness (QED) is 0.402. The lowest BCUT2D eigenvalue weighted by Crippen LogP contribution is -2.34. The Bertz CT molecular complexity index is 1030. The van der Waals surface area contributed by atoms with E-state index < -0.39 is 17.6 Å². The average Bonchev–Trinajstić information content (AvgIpc) is 3.04. The Labute approximate surface area is 162 Å². The van der Waals surface area contributed by atoms with Gasteiger partial charge >= 0.3 is 5.76 Å². The Morgan fingerprint density at radius 1 is 1.18 bits per heavy atom. The lowest BCUT2D eigenvalue weighted by molar-refractivity contribution is 0.0139. The molecule has 1 fully saturated rings. The molecule has 2 aromatic carbocycles. The largest absolute Gasteiger partial charge is 0.417 e. The van der Waals surface area contributed by atoms with Gasteiger partial charge in [0.2, 0.25) is 0 Å². The van der Waals surface area contributed by atoms with E-state index in [1.54, 1.807) is 24.3 Å². The van der Waals surface area contributed by atoms with E-state index in [1.807, 2.05) is 30.3 Å². The standard InChI is InChI=1S/C22H24N2O4/c25-20(23-17-6-7-18-19(13-17)28-21(26)24-18)12-15-8-10-22(27,11-9-15)14-16-4-2-1-3-5-16/h1-7,12-13,20,23,25,27H,8-11,14H2,(H,24,26). The molecule has 4 N–H and O–H groups in total. The summed E-state index contributed by atoms with van der Waals surface area (Å²) >= 11 is 0. The highest BCUT2D eigenvalue weighted by Gasteiger charge is 2.31. The minimum Gasteiger partial charge on any atom is -0.408 e. The zero-order valence-electron chi connectivity index (χ0n) is 15.5. The number of oxazole rings is 1.